The molecule has 1 aromatic carbocycles. The van der Waals surface area contributed by atoms with Crippen molar-refractivity contribution in [1.29, 1.82) is 0 Å². The number of benzene rings is 1. The van der Waals surface area contributed by atoms with Crippen LogP contribution >= 0.6 is 0 Å². The monoisotopic (exact) mass is 296 g/mol. The summed E-state index contributed by atoms with van der Waals surface area (Å²) < 4.78 is 16.7. The van der Waals surface area contributed by atoms with Gasteiger partial charge >= 0.3 is 0 Å². The Bertz CT molecular complexity index is 521. The SMILES string of the molecule is COc1cccc(C2NCC(=O)N2CC(C)S(C)=O)c1. The molecule has 110 valence electrons. The number of methoxy groups -OCH3 is 1. The van der Waals surface area contributed by atoms with Crippen molar-refractivity contribution in [2.75, 3.05) is 26.5 Å². The van der Waals surface area contributed by atoms with E-state index in [0.717, 1.165) is 11.3 Å². The van der Waals surface area contributed by atoms with E-state index in [9.17, 15) is 9.00 Å². The zero-order chi connectivity index (χ0) is 14.7. The molecule has 2 rings (SSSR count). The molecule has 1 aromatic rings. The number of carbonyl (C=O) groups is 1. The van der Waals surface area contributed by atoms with Gasteiger partial charge in [0, 0.05) is 28.9 Å². The van der Waals surface area contributed by atoms with Crippen LogP contribution in [0.4, 0.5) is 0 Å². The van der Waals surface area contributed by atoms with Crippen LogP contribution in [-0.2, 0) is 15.6 Å². The third kappa shape index (κ3) is 3.19. The van der Waals surface area contributed by atoms with Crippen LogP contribution < -0.4 is 10.1 Å². The van der Waals surface area contributed by atoms with Gasteiger partial charge in [-0.3, -0.25) is 14.3 Å². The molecule has 1 fully saturated rings. The summed E-state index contributed by atoms with van der Waals surface area (Å²) >= 11 is 0. The lowest BCUT2D eigenvalue weighted by atomic mass is 10.1. The number of hydrogen-bond donors (Lipinski definition) is 1. The standard InChI is InChI=1S/C14H20N2O3S/c1-10(20(3)18)9-16-13(17)8-15-14(16)11-5-4-6-12(7-11)19-2/h4-7,10,14-15H,8-9H2,1-3H3. The Morgan fingerprint density at radius 2 is 2.30 bits per heavy atom. The fourth-order valence-corrected chi connectivity index (χ4v) is 2.61. The third-order valence-electron chi connectivity index (χ3n) is 3.51. The molecule has 0 bridgehead atoms. The zero-order valence-corrected chi connectivity index (χ0v) is 12.8. The molecule has 1 saturated heterocycles. The number of amides is 1. The van der Waals surface area contributed by atoms with Crippen LogP contribution in [0.2, 0.25) is 0 Å². The van der Waals surface area contributed by atoms with Gasteiger partial charge in [0.2, 0.25) is 5.91 Å². The van der Waals surface area contributed by atoms with Gasteiger partial charge in [-0.15, -0.1) is 0 Å². The topological polar surface area (TPSA) is 58.6 Å². The van der Waals surface area contributed by atoms with E-state index in [1.54, 1.807) is 18.3 Å². The molecular formula is C14H20N2O3S. The smallest absolute Gasteiger partial charge is 0.238 e. The predicted molar refractivity (Wildman–Crippen MR) is 79.0 cm³/mol. The largest absolute Gasteiger partial charge is 0.497 e. The summed E-state index contributed by atoms with van der Waals surface area (Å²) in [5.41, 5.74) is 0.976. The summed E-state index contributed by atoms with van der Waals surface area (Å²) in [5, 5.41) is 3.14. The second-order valence-corrected chi connectivity index (χ2v) is 6.72. The fraction of sp³-hybridized carbons (Fsp3) is 0.500. The minimum absolute atomic E-state index is 0.0371. The first-order valence-electron chi connectivity index (χ1n) is 6.52. The quantitative estimate of drug-likeness (QED) is 0.877. The molecule has 3 atom stereocenters. The van der Waals surface area contributed by atoms with Crippen LogP contribution in [0.1, 0.15) is 18.7 Å². The third-order valence-corrected chi connectivity index (χ3v) is 4.79. The first-order valence-corrected chi connectivity index (χ1v) is 8.14. The van der Waals surface area contributed by atoms with Crippen LogP contribution in [0.15, 0.2) is 24.3 Å². The Labute approximate surface area is 121 Å². The maximum absolute atomic E-state index is 12.0. The van der Waals surface area contributed by atoms with Crippen molar-refractivity contribution in [3.63, 3.8) is 0 Å². The van der Waals surface area contributed by atoms with Crippen molar-refractivity contribution >= 4 is 16.7 Å². The van der Waals surface area contributed by atoms with E-state index in [-0.39, 0.29) is 17.3 Å². The van der Waals surface area contributed by atoms with E-state index in [4.69, 9.17) is 4.74 Å². The van der Waals surface area contributed by atoms with Gasteiger partial charge in [-0.1, -0.05) is 12.1 Å². The number of rotatable bonds is 5. The molecule has 1 N–H and O–H groups in total. The number of ether oxygens (including phenoxy) is 1. The molecule has 1 aliphatic rings. The summed E-state index contributed by atoms with van der Waals surface area (Å²) in [4.78, 5) is 13.8. The number of nitrogens with zero attached hydrogens (tertiary/aromatic N) is 1. The molecule has 1 amide bonds. The lowest BCUT2D eigenvalue weighted by Crippen LogP contribution is -2.37. The number of carbonyl (C=O) groups excluding carboxylic acids is 1. The molecule has 0 aliphatic carbocycles. The Hall–Kier alpha value is -1.40. The van der Waals surface area contributed by atoms with E-state index in [2.05, 4.69) is 5.32 Å². The summed E-state index contributed by atoms with van der Waals surface area (Å²) in [6.45, 7) is 2.69. The fourth-order valence-electron chi connectivity index (χ4n) is 2.24. The highest BCUT2D eigenvalue weighted by atomic mass is 32.2. The van der Waals surface area contributed by atoms with Crippen molar-refractivity contribution in [2.24, 2.45) is 0 Å². The zero-order valence-electron chi connectivity index (χ0n) is 12.0. The Balaban J connectivity index is 2.20. The molecule has 0 saturated carbocycles. The predicted octanol–water partition coefficient (Wildman–Crippen LogP) is 0.893. The lowest BCUT2D eigenvalue weighted by Gasteiger charge is -2.27. The van der Waals surface area contributed by atoms with Gasteiger partial charge in [0.05, 0.1) is 13.7 Å². The average Bonchev–Trinajstić information content (AvgIpc) is 2.80. The average molecular weight is 296 g/mol. The molecule has 5 nitrogen and oxygen atoms in total. The van der Waals surface area contributed by atoms with Crippen molar-refractivity contribution < 1.29 is 13.7 Å². The minimum atomic E-state index is -0.945. The van der Waals surface area contributed by atoms with Gasteiger partial charge in [-0.2, -0.15) is 0 Å². The van der Waals surface area contributed by atoms with Crippen molar-refractivity contribution in [3.05, 3.63) is 29.8 Å². The highest BCUT2D eigenvalue weighted by Crippen LogP contribution is 2.25. The van der Waals surface area contributed by atoms with E-state index in [1.807, 2.05) is 31.2 Å². The van der Waals surface area contributed by atoms with Crippen molar-refractivity contribution in [3.8, 4) is 5.75 Å². The highest BCUT2D eigenvalue weighted by Gasteiger charge is 2.33. The normalized spacial score (nSPS) is 21.9. The second-order valence-electron chi connectivity index (χ2n) is 4.92. The Morgan fingerprint density at radius 3 is 2.95 bits per heavy atom. The summed E-state index contributed by atoms with van der Waals surface area (Å²) in [5.74, 6) is 0.797. The van der Waals surface area contributed by atoms with Gasteiger partial charge in [0.15, 0.2) is 0 Å². The summed E-state index contributed by atoms with van der Waals surface area (Å²) in [7, 11) is 0.673. The van der Waals surface area contributed by atoms with Crippen molar-refractivity contribution in [1.82, 2.24) is 10.2 Å². The Morgan fingerprint density at radius 1 is 1.55 bits per heavy atom. The summed E-state index contributed by atoms with van der Waals surface area (Å²) in [6.07, 6.45) is 1.49. The van der Waals surface area contributed by atoms with Crippen LogP contribution in [0, 0.1) is 0 Å². The molecular weight excluding hydrogens is 276 g/mol. The van der Waals surface area contributed by atoms with E-state index < -0.39 is 10.8 Å². The molecule has 0 radical (unpaired) electrons. The van der Waals surface area contributed by atoms with Gasteiger partial charge in [-0.25, -0.2) is 0 Å². The number of hydrogen-bond acceptors (Lipinski definition) is 4. The van der Waals surface area contributed by atoms with Crippen LogP contribution in [-0.4, -0.2) is 46.7 Å². The second kappa shape index (κ2) is 6.37. The maximum Gasteiger partial charge on any atom is 0.238 e. The number of nitrogens with one attached hydrogen (secondary N) is 1. The first-order chi connectivity index (χ1) is 9.52. The molecule has 0 spiro atoms. The molecule has 20 heavy (non-hydrogen) atoms. The Kier molecular flexibility index (Phi) is 4.77. The van der Waals surface area contributed by atoms with Crippen molar-refractivity contribution in [2.45, 2.75) is 18.3 Å². The van der Waals surface area contributed by atoms with E-state index >= 15 is 0 Å². The van der Waals surface area contributed by atoms with Gasteiger partial charge < -0.3 is 9.64 Å². The van der Waals surface area contributed by atoms with Gasteiger partial charge in [0.1, 0.15) is 11.9 Å². The summed E-state index contributed by atoms with van der Waals surface area (Å²) in [6, 6.07) is 7.64. The van der Waals surface area contributed by atoms with Crippen LogP contribution in [0.5, 0.6) is 5.75 Å². The minimum Gasteiger partial charge on any atom is -0.497 e. The molecule has 3 unspecified atom stereocenters. The van der Waals surface area contributed by atoms with Gasteiger partial charge in [-0.05, 0) is 24.6 Å². The first kappa shape index (κ1) is 15.0. The molecule has 6 heteroatoms. The molecule has 0 aromatic heterocycles. The maximum atomic E-state index is 12.0. The molecule has 1 heterocycles. The van der Waals surface area contributed by atoms with E-state index in [0.29, 0.717) is 13.1 Å². The molecule has 1 aliphatic heterocycles. The van der Waals surface area contributed by atoms with Crippen LogP contribution in [0.3, 0.4) is 0 Å². The van der Waals surface area contributed by atoms with Gasteiger partial charge in [0.25, 0.3) is 0 Å². The lowest BCUT2D eigenvalue weighted by molar-refractivity contribution is -0.128. The highest BCUT2D eigenvalue weighted by molar-refractivity contribution is 7.84. The van der Waals surface area contributed by atoms with Crippen LogP contribution in [0.25, 0.3) is 0 Å². The van der Waals surface area contributed by atoms with E-state index in [1.165, 1.54) is 0 Å².